The number of fused-ring (bicyclic) bond motifs is 2. The normalized spacial score (nSPS) is 12.5. The first-order valence-electron chi connectivity index (χ1n) is 11.2. The first kappa shape index (κ1) is 22.0. The second-order valence-corrected chi connectivity index (χ2v) is 8.90. The van der Waals surface area contributed by atoms with Crippen LogP contribution in [0.15, 0.2) is 85.1 Å². The number of aromatic nitrogens is 1. The van der Waals surface area contributed by atoms with Gasteiger partial charge in [-0.15, -0.1) is 0 Å². The summed E-state index contributed by atoms with van der Waals surface area (Å²) in [7, 11) is 0. The van der Waals surface area contributed by atoms with E-state index >= 15 is 0 Å². The quantitative estimate of drug-likeness (QED) is 0.408. The minimum absolute atomic E-state index is 0.133. The van der Waals surface area contributed by atoms with Crippen molar-refractivity contribution >= 4 is 34.8 Å². The molecule has 0 atom stereocenters. The molecule has 0 aliphatic carbocycles. The minimum Gasteiger partial charge on any atom is -0.345 e. The van der Waals surface area contributed by atoms with Crippen LogP contribution in [0, 0.1) is 6.92 Å². The maximum Gasteiger partial charge on any atom is 0.260 e. The number of nitrogens with one attached hydrogen (secondary N) is 1. The van der Waals surface area contributed by atoms with E-state index in [-0.39, 0.29) is 18.2 Å². The second kappa shape index (κ2) is 9.20. The Morgan fingerprint density at radius 2 is 1.74 bits per heavy atom. The number of hydrogen-bond acceptors (Lipinski definition) is 2. The Bertz CT molecular complexity index is 1390. The summed E-state index contributed by atoms with van der Waals surface area (Å²) < 4.78 is 2.15. The lowest BCUT2D eigenvalue weighted by molar-refractivity contribution is -0.115. The Balaban J connectivity index is 1.38. The number of hydrogen-bond donors (Lipinski definition) is 1. The van der Waals surface area contributed by atoms with Gasteiger partial charge in [-0.1, -0.05) is 54.1 Å². The predicted molar refractivity (Wildman–Crippen MR) is 135 cm³/mol. The van der Waals surface area contributed by atoms with Crippen molar-refractivity contribution in [3.05, 3.63) is 118 Å². The fraction of sp³-hybridized carbons (Fsp3) is 0.143. The summed E-state index contributed by atoms with van der Waals surface area (Å²) in [6, 6.07) is 24.8. The van der Waals surface area contributed by atoms with Crippen molar-refractivity contribution in [2.24, 2.45) is 0 Å². The Hall–Kier alpha value is -3.83. The molecule has 2 amide bonds. The van der Waals surface area contributed by atoms with Gasteiger partial charge < -0.3 is 14.8 Å². The number of nitrogens with zero attached hydrogens (tertiary/aromatic N) is 2. The minimum atomic E-state index is -0.176. The Morgan fingerprint density at radius 3 is 2.56 bits per heavy atom. The standard InChI is InChI=1S/C28H24ClN3O2/c1-19-7-2-3-8-20(19)15-27(33)30-22-12-13-24(25(29)16-22)28(34)32-18-23-10-6-14-31(23)17-21-9-4-5-11-26(21)32/h2-14,16H,15,17-18H2,1H3,(H,30,33). The molecule has 0 radical (unpaired) electrons. The lowest BCUT2D eigenvalue weighted by Crippen LogP contribution is -2.30. The van der Waals surface area contributed by atoms with E-state index in [1.807, 2.05) is 73.8 Å². The SMILES string of the molecule is Cc1ccccc1CC(=O)Nc1ccc(C(=O)N2Cc3cccn3Cc3ccccc32)c(Cl)c1. The fourth-order valence-corrected chi connectivity index (χ4v) is 4.63. The molecule has 0 bridgehead atoms. The molecule has 34 heavy (non-hydrogen) atoms. The summed E-state index contributed by atoms with van der Waals surface area (Å²) in [5.74, 6) is -0.309. The average molecular weight is 470 g/mol. The lowest BCUT2D eigenvalue weighted by atomic mass is 10.1. The molecule has 0 saturated heterocycles. The van der Waals surface area contributed by atoms with Crippen molar-refractivity contribution in [3.63, 3.8) is 0 Å². The Morgan fingerprint density at radius 1 is 0.941 bits per heavy atom. The van der Waals surface area contributed by atoms with Gasteiger partial charge >= 0.3 is 0 Å². The molecule has 1 aliphatic rings. The van der Waals surface area contributed by atoms with Gasteiger partial charge in [0.25, 0.3) is 5.91 Å². The zero-order valence-corrected chi connectivity index (χ0v) is 19.5. The van der Waals surface area contributed by atoms with Crippen molar-refractivity contribution in [1.82, 2.24) is 4.57 Å². The van der Waals surface area contributed by atoms with Gasteiger partial charge in [0.2, 0.25) is 5.91 Å². The smallest absolute Gasteiger partial charge is 0.260 e. The van der Waals surface area contributed by atoms with Crippen LogP contribution in [0.1, 0.15) is 32.7 Å². The maximum atomic E-state index is 13.6. The molecule has 2 heterocycles. The van der Waals surface area contributed by atoms with Gasteiger partial charge in [-0.2, -0.15) is 0 Å². The average Bonchev–Trinajstić information content (AvgIpc) is 3.19. The summed E-state index contributed by atoms with van der Waals surface area (Å²) in [5, 5.41) is 3.19. The summed E-state index contributed by atoms with van der Waals surface area (Å²) >= 11 is 6.56. The molecule has 5 rings (SSSR count). The van der Waals surface area contributed by atoms with E-state index in [1.54, 1.807) is 23.1 Å². The van der Waals surface area contributed by atoms with Gasteiger partial charge in [-0.3, -0.25) is 9.59 Å². The number of carbonyl (C=O) groups is 2. The summed E-state index contributed by atoms with van der Waals surface area (Å²) in [6.45, 7) is 3.15. The van der Waals surface area contributed by atoms with Gasteiger partial charge in [0.1, 0.15) is 0 Å². The van der Waals surface area contributed by atoms with E-state index in [0.29, 0.717) is 29.4 Å². The molecule has 1 N–H and O–H groups in total. The van der Waals surface area contributed by atoms with Gasteiger partial charge in [0, 0.05) is 29.8 Å². The fourth-order valence-electron chi connectivity index (χ4n) is 4.37. The summed E-state index contributed by atoms with van der Waals surface area (Å²) in [5.41, 5.74) is 6.01. The number of amides is 2. The van der Waals surface area contributed by atoms with Gasteiger partial charge in [0.05, 0.1) is 23.6 Å². The van der Waals surface area contributed by atoms with Crippen LogP contribution in [0.3, 0.4) is 0 Å². The van der Waals surface area contributed by atoms with Crippen molar-refractivity contribution in [2.45, 2.75) is 26.4 Å². The molecule has 1 aliphatic heterocycles. The largest absolute Gasteiger partial charge is 0.345 e. The zero-order chi connectivity index (χ0) is 23.7. The molecule has 1 aromatic heterocycles. The Labute approximate surface area is 203 Å². The van der Waals surface area contributed by atoms with Crippen molar-refractivity contribution in [1.29, 1.82) is 0 Å². The molecule has 0 spiro atoms. The summed E-state index contributed by atoms with van der Waals surface area (Å²) in [4.78, 5) is 27.9. The van der Waals surface area contributed by atoms with Crippen molar-refractivity contribution in [2.75, 3.05) is 10.2 Å². The number of anilines is 2. The van der Waals surface area contributed by atoms with E-state index in [9.17, 15) is 9.59 Å². The highest BCUT2D eigenvalue weighted by Crippen LogP contribution is 2.31. The third-order valence-corrected chi connectivity index (χ3v) is 6.52. The molecular formula is C28H24ClN3O2. The topological polar surface area (TPSA) is 54.3 Å². The maximum absolute atomic E-state index is 13.6. The van der Waals surface area contributed by atoms with Gasteiger partial charge in [-0.05, 0) is 60.0 Å². The van der Waals surface area contributed by atoms with Crippen LogP contribution < -0.4 is 10.2 Å². The van der Waals surface area contributed by atoms with Gasteiger partial charge in [0.15, 0.2) is 0 Å². The molecule has 3 aromatic carbocycles. The Kier molecular flexibility index (Phi) is 5.95. The second-order valence-electron chi connectivity index (χ2n) is 8.49. The molecule has 6 heteroatoms. The number of benzene rings is 3. The molecule has 0 saturated carbocycles. The van der Waals surface area contributed by atoms with Crippen LogP contribution in [0.25, 0.3) is 0 Å². The third-order valence-electron chi connectivity index (χ3n) is 6.21. The number of para-hydroxylation sites is 1. The zero-order valence-electron chi connectivity index (χ0n) is 18.8. The first-order chi connectivity index (χ1) is 16.5. The molecule has 170 valence electrons. The highest BCUT2D eigenvalue weighted by molar-refractivity contribution is 6.35. The molecule has 4 aromatic rings. The number of halogens is 1. The molecule has 0 unspecified atom stereocenters. The number of aryl methyl sites for hydroxylation is 1. The monoisotopic (exact) mass is 469 g/mol. The van der Waals surface area contributed by atoms with Crippen LogP contribution in [0.4, 0.5) is 11.4 Å². The number of carbonyl (C=O) groups excluding carboxylic acids is 2. The molecule has 0 fully saturated rings. The first-order valence-corrected chi connectivity index (χ1v) is 11.5. The summed E-state index contributed by atoms with van der Waals surface area (Å²) in [6.07, 6.45) is 2.30. The van der Waals surface area contributed by atoms with Crippen LogP contribution >= 0.6 is 11.6 Å². The van der Waals surface area contributed by atoms with E-state index in [0.717, 1.165) is 28.1 Å². The predicted octanol–water partition coefficient (Wildman–Crippen LogP) is 5.84. The van der Waals surface area contributed by atoms with E-state index < -0.39 is 0 Å². The van der Waals surface area contributed by atoms with Crippen LogP contribution in [0.5, 0.6) is 0 Å². The van der Waals surface area contributed by atoms with Crippen LogP contribution in [0.2, 0.25) is 5.02 Å². The number of rotatable bonds is 4. The van der Waals surface area contributed by atoms with E-state index in [1.165, 1.54) is 0 Å². The van der Waals surface area contributed by atoms with Crippen LogP contribution in [-0.2, 0) is 24.3 Å². The van der Waals surface area contributed by atoms with Crippen molar-refractivity contribution in [3.8, 4) is 0 Å². The van der Waals surface area contributed by atoms with Gasteiger partial charge in [-0.25, -0.2) is 0 Å². The molecular weight excluding hydrogens is 446 g/mol. The van der Waals surface area contributed by atoms with E-state index in [4.69, 9.17) is 11.6 Å². The highest BCUT2D eigenvalue weighted by atomic mass is 35.5. The molecule has 5 nitrogen and oxygen atoms in total. The highest BCUT2D eigenvalue weighted by Gasteiger charge is 2.26. The van der Waals surface area contributed by atoms with Crippen molar-refractivity contribution < 1.29 is 9.59 Å². The van der Waals surface area contributed by atoms with E-state index in [2.05, 4.69) is 9.88 Å². The van der Waals surface area contributed by atoms with Crippen LogP contribution in [-0.4, -0.2) is 16.4 Å². The lowest BCUT2D eigenvalue weighted by Gasteiger charge is -2.23. The third kappa shape index (κ3) is 4.35.